The van der Waals surface area contributed by atoms with Crippen molar-refractivity contribution in [2.75, 3.05) is 0 Å². The monoisotopic (exact) mass is 362 g/mol. The molecule has 3 aromatic rings. The van der Waals surface area contributed by atoms with Crippen molar-refractivity contribution >= 4 is 16.9 Å². The molecule has 138 valence electrons. The Hall–Kier alpha value is -2.95. The minimum atomic E-state index is -0.408. The molecule has 27 heavy (non-hydrogen) atoms. The molecule has 0 N–H and O–H groups in total. The van der Waals surface area contributed by atoms with Gasteiger partial charge in [-0.15, -0.1) is 0 Å². The summed E-state index contributed by atoms with van der Waals surface area (Å²) in [4.78, 5) is 29.8. The number of benzene rings is 2. The Morgan fingerprint density at radius 2 is 1.93 bits per heavy atom. The average Bonchev–Trinajstić information content (AvgIpc) is 2.93. The highest BCUT2D eigenvalue weighted by atomic mass is 16.5. The summed E-state index contributed by atoms with van der Waals surface area (Å²) in [5.74, 6) is 0.407. The van der Waals surface area contributed by atoms with Crippen LogP contribution in [0.4, 0.5) is 0 Å². The lowest BCUT2D eigenvalue weighted by Crippen LogP contribution is -2.24. The van der Waals surface area contributed by atoms with Crippen LogP contribution in [0.2, 0.25) is 0 Å². The molecule has 1 aliphatic rings. The lowest BCUT2D eigenvalue weighted by atomic mass is 10.1. The second kappa shape index (κ2) is 7.35. The zero-order chi connectivity index (χ0) is 18.8. The van der Waals surface area contributed by atoms with Gasteiger partial charge in [-0.1, -0.05) is 36.2 Å². The summed E-state index contributed by atoms with van der Waals surface area (Å²) in [5, 5.41) is 0.552. The van der Waals surface area contributed by atoms with Crippen LogP contribution in [-0.2, 0) is 24.3 Å². The van der Waals surface area contributed by atoms with Gasteiger partial charge >= 0.3 is 5.97 Å². The summed E-state index contributed by atoms with van der Waals surface area (Å²) in [6.45, 7) is 2.95. The maximum Gasteiger partial charge on any atom is 0.338 e. The lowest BCUT2D eigenvalue weighted by Gasteiger charge is -2.11. The molecule has 0 saturated heterocycles. The summed E-state index contributed by atoms with van der Waals surface area (Å²) in [6.07, 6.45) is 3.95. The molecule has 0 saturated carbocycles. The minimum absolute atomic E-state index is 0.0172. The number of hydrogen-bond acceptors (Lipinski definition) is 4. The molecule has 0 bridgehead atoms. The first-order valence-electron chi connectivity index (χ1n) is 9.38. The number of ether oxygens (including phenoxy) is 1. The van der Waals surface area contributed by atoms with Gasteiger partial charge in [-0.25, -0.2) is 9.78 Å². The van der Waals surface area contributed by atoms with Crippen molar-refractivity contribution in [1.29, 1.82) is 0 Å². The highest BCUT2D eigenvalue weighted by Crippen LogP contribution is 2.17. The highest BCUT2D eigenvalue weighted by molar-refractivity contribution is 5.94. The van der Waals surface area contributed by atoms with Crippen LogP contribution in [0, 0.1) is 6.92 Å². The third-order valence-electron chi connectivity index (χ3n) is 5.04. The Kier molecular flexibility index (Phi) is 4.75. The summed E-state index contributed by atoms with van der Waals surface area (Å²) in [7, 11) is 0. The van der Waals surface area contributed by atoms with Crippen LogP contribution in [0.3, 0.4) is 0 Å². The van der Waals surface area contributed by atoms with Gasteiger partial charge in [0.1, 0.15) is 12.4 Å². The third-order valence-corrected chi connectivity index (χ3v) is 5.04. The van der Waals surface area contributed by atoms with Gasteiger partial charge in [0, 0.05) is 13.0 Å². The van der Waals surface area contributed by atoms with Gasteiger partial charge in [-0.3, -0.25) is 9.36 Å². The number of hydrogen-bond donors (Lipinski definition) is 0. The SMILES string of the molecule is Cc1ccc(COC(=O)c2ccc3c(=O)n4c(nc3c2)CCCCC4)cc1. The molecule has 2 heterocycles. The van der Waals surface area contributed by atoms with E-state index in [9.17, 15) is 9.59 Å². The first-order valence-corrected chi connectivity index (χ1v) is 9.38. The largest absolute Gasteiger partial charge is 0.457 e. The van der Waals surface area contributed by atoms with Gasteiger partial charge in [0.2, 0.25) is 0 Å². The van der Waals surface area contributed by atoms with Crippen molar-refractivity contribution in [2.45, 2.75) is 45.8 Å². The van der Waals surface area contributed by atoms with E-state index in [0.717, 1.165) is 49.2 Å². The van der Waals surface area contributed by atoms with E-state index in [-0.39, 0.29) is 12.2 Å². The van der Waals surface area contributed by atoms with Crippen molar-refractivity contribution in [3.8, 4) is 0 Å². The molecule has 5 heteroatoms. The molecule has 4 rings (SSSR count). The molecular weight excluding hydrogens is 340 g/mol. The van der Waals surface area contributed by atoms with Gasteiger partial charge in [-0.2, -0.15) is 0 Å². The maximum absolute atomic E-state index is 12.8. The Morgan fingerprint density at radius 1 is 1.11 bits per heavy atom. The lowest BCUT2D eigenvalue weighted by molar-refractivity contribution is 0.0473. The Labute approximate surface area is 157 Å². The molecule has 0 fully saturated rings. The van der Waals surface area contributed by atoms with E-state index in [1.165, 1.54) is 0 Å². The van der Waals surface area contributed by atoms with Crippen LogP contribution in [0.5, 0.6) is 0 Å². The third kappa shape index (κ3) is 3.63. The molecule has 0 radical (unpaired) electrons. The Bertz CT molecular complexity index is 1050. The normalized spacial score (nSPS) is 13.8. The number of aryl methyl sites for hydroxylation is 2. The number of nitrogens with zero attached hydrogens (tertiary/aromatic N) is 2. The van der Waals surface area contributed by atoms with Crippen LogP contribution in [-0.4, -0.2) is 15.5 Å². The number of carbonyl (C=O) groups excluding carboxylic acids is 1. The molecule has 0 spiro atoms. The number of aromatic nitrogens is 2. The molecular formula is C22H22N2O3. The second-order valence-corrected chi connectivity index (χ2v) is 7.09. The molecule has 5 nitrogen and oxygen atoms in total. The Morgan fingerprint density at radius 3 is 2.74 bits per heavy atom. The van der Waals surface area contributed by atoms with Gasteiger partial charge < -0.3 is 4.74 Å². The fourth-order valence-corrected chi connectivity index (χ4v) is 3.46. The van der Waals surface area contributed by atoms with Crippen molar-refractivity contribution < 1.29 is 9.53 Å². The predicted octanol–water partition coefficient (Wildman–Crippen LogP) is 3.79. The molecule has 0 atom stereocenters. The molecule has 1 aromatic heterocycles. The van der Waals surface area contributed by atoms with E-state index in [0.29, 0.717) is 16.5 Å². The van der Waals surface area contributed by atoms with Crippen LogP contribution < -0.4 is 5.56 Å². The van der Waals surface area contributed by atoms with E-state index in [2.05, 4.69) is 4.98 Å². The van der Waals surface area contributed by atoms with Gasteiger partial charge in [0.15, 0.2) is 0 Å². The molecule has 0 aliphatic carbocycles. The van der Waals surface area contributed by atoms with E-state index in [1.54, 1.807) is 22.8 Å². The van der Waals surface area contributed by atoms with Crippen LogP contribution in [0.15, 0.2) is 47.3 Å². The molecule has 2 aromatic carbocycles. The summed E-state index contributed by atoms with van der Waals surface area (Å²) >= 11 is 0. The van der Waals surface area contributed by atoms with Crippen molar-refractivity contribution in [3.63, 3.8) is 0 Å². The van der Waals surface area contributed by atoms with Crippen LogP contribution >= 0.6 is 0 Å². The predicted molar refractivity (Wildman–Crippen MR) is 104 cm³/mol. The van der Waals surface area contributed by atoms with Crippen molar-refractivity contribution in [2.24, 2.45) is 0 Å². The highest BCUT2D eigenvalue weighted by Gasteiger charge is 2.16. The maximum atomic E-state index is 12.8. The minimum Gasteiger partial charge on any atom is -0.457 e. The van der Waals surface area contributed by atoms with E-state index in [1.807, 2.05) is 31.2 Å². The zero-order valence-corrected chi connectivity index (χ0v) is 15.4. The number of carbonyl (C=O) groups is 1. The molecule has 1 aliphatic heterocycles. The number of esters is 1. The summed E-state index contributed by atoms with van der Waals surface area (Å²) in [6, 6.07) is 12.9. The van der Waals surface area contributed by atoms with Crippen LogP contribution in [0.1, 0.15) is 46.6 Å². The standard InChI is InChI=1S/C22H22N2O3/c1-15-6-8-16(9-7-15)14-27-22(26)17-10-11-18-19(13-17)23-20-5-3-2-4-12-24(20)21(18)25/h6-11,13H,2-5,12,14H2,1H3. The van der Waals surface area contributed by atoms with E-state index in [4.69, 9.17) is 4.74 Å². The van der Waals surface area contributed by atoms with Crippen LogP contribution in [0.25, 0.3) is 10.9 Å². The smallest absolute Gasteiger partial charge is 0.338 e. The second-order valence-electron chi connectivity index (χ2n) is 7.09. The first kappa shape index (κ1) is 17.5. The topological polar surface area (TPSA) is 61.2 Å². The fourth-order valence-electron chi connectivity index (χ4n) is 3.46. The number of rotatable bonds is 3. The summed E-state index contributed by atoms with van der Waals surface area (Å²) < 4.78 is 7.20. The quantitative estimate of drug-likeness (QED) is 0.665. The summed E-state index contributed by atoms with van der Waals surface area (Å²) in [5.41, 5.74) is 3.07. The Balaban J connectivity index is 1.59. The molecule has 0 unspecified atom stereocenters. The van der Waals surface area contributed by atoms with Gasteiger partial charge in [0.25, 0.3) is 5.56 Å². The van der Waals surface area contributed by atoms with E-state index >= 15 is 0 Å². The fraction of sp³-hybridized carbons (Fsp3) is 0.318. The molecule has 0 amide bonds. The van der Waals surface area contributed by atoms with E-state index < -0.39 is 5.97 Å². The zero-order valence-electron chi connectivity index (χ0n) is 15.4. The first-order chi connectivity index (χ1) is 13.1. The van der Waals surface area contributed by atoms with Gasteiger partial charge in [-0.05, 0) is 43.5 Å². The van der Waals surface area contributed by atoms with Crippen molar-refractivity contribution in [1.82, 2.24) is 9.55 Å². The van der Waals surface area contributed by atoms with Crippen molar-refractivity contribution in [3.05, 3.63) is 75.3 Å². The van der Waals surface area contributed by atoms with Gasteiger partial charge in [0.05, 0.1) is 16.5 Å². The number of fused-ring (bicyclic) bond motifs is 2. The average molecular weight is 362 g/mol.